The number of phenols is 1. The number of rotatable bonds is 8. The number of nitrogens with zero attached hydrogens (tertiary/aromatic N) is 7. The lowest BCUT2D eigenvalue weighted by atomic mass is 9.95. The number of anilines is 2. The molecule has 4 aliphatic rings. The number of ether oxygens (including phenoxy) is 1. The highest BCUT2D eigenvalue weighted by molar-refractivity contribution is 6.03. The molecule has 0 spiro atoms. The van der Waals surface area contributed by atoms with Crippen LogP contribution < -0.4 is 15.0 Å². The molecule has 0 saturated carbocycles. The Bertz CT molecular complexity index is 2480. The third-order valence-electron chi connectivity index (χ3n) is 11.8. The number of terminal acetylenes is 1. The number of amides is 2. The molecule has 284 valence electrons. The number of aromatic hydroxyl groups is 1. The normalized spacial score (nSPS) is 19.9. The number of fused-ring (bicyclic) bond motifs is 5. The average molecular weight is 757 g/mol. The minimum atomic E-state index is -0.800. The zero-order valence-corrected chi connectivity index (χ0v) is 30.5. The van der Waals surface area contributed by atoms with Crippen LogP contribution in [-0.4, -0.2) is 97.1 Å². The number of hydrogen-bond acceptors (Lipinski definition) is 10. The number of hydrogen-bond donors (Lipinski definition) is 2. The van der Waals surface area contributed by atoms with Gasteiger partial charge in [0.1, 0.15) is 41.0 Å². The van der Waals surface area contributed by atoms with Crippen LogP contribution in [0.4, 0.5) is 20.4 Å². The SMILES string of the molecule is C#Cc1c(F)ccc2cc(O)cc(-c3ncc4c(N5CC6CCC(C5)N6C(=O)c5ccnc(NC(=O)C=C)c5)nc(OCC56CCCN5CCC6)nc4c3F)c12. The van der Waals surface area contributed by atoms with E-state index in [9.17, 15) is 19.1 Å². The number of phenolic OH excluding ortho intramolecular Hbond substituents is 1. The molecule has 4 aliphatic heterocycles. The topological polar surface area (TPSA) is 137 Å². The highest BCUT2D eigenvalue weighted by Crippen LogP contribution is 2.42. The van der Waals surface area contributed by atoms with Crippen LogP contribution in [-0.2, 0) is 4.79 Å². The molecule has 4 saturated heterocycles. The Kier molecular flexibility index (Phi) is 8.76. The molecule has 5 aromatic rings. The van der Waals surface area contributed by atoms with Crippen molar-refractivity contribution in [3.8, 4) is 35.4 Å². The molecular weight excluding hydrogens is 719 g/mol. The number of nitrogens with one attached hydrogen (secondary N) is 1. The van der Waals surface area contributed by atoms with Crippen molar-refractivity contribution in [1.82, 2.24) is 29.7 Å². The van der Waals surface area contributed by atoms with E-state index in [-0.39, 0.29) is 68.8 Å². The molecule has 3 aromatic heterocycles. The van der Waals surface area contributed by atoms with E-state index >= 15 is 4.39 Å². The number of carbonyl (C=O) groups excluding carboxylic acids is 2. The van der Waals surface area contributed by atoms with Gasteiger partial charge >= 0.3 is 6.01 Å². The molecule has 7 heterocycles. The average Bonchev–Trinajstić information content (AvgIpc) is 3.87. The summed E-state index contributed by atoms with van der Waals surface area (Å²) < 4.78 is 38.5. The molecular formula is C42H38F2N8O4. The van der Waals surface area contributed by atoms with Gasteiger partial charge < -0.3 is 25.0 Å². The molecule has 9 rings (SSSR count). The van der Waals surface area contributed by atoms with E-state index in [1.165, 1.54) is 36.7 Å². The third-order valence-corrected chi connectivity index (χ3v) is 11.8. The highest BCUT2D eigenvalue weighted by Gasteiger charge is 2.46. The minimum absolute atomic E-state index is 0.0181. The van der Waals surface area contributed by atoms with Crippen molar-refractivity contribution in [2.75, 3.05) is 43.0 Å². The first-order valence-corrected chi connectivity index (χ1v) is 18.8. The van der Waals surface area contributed by atoms with Gasteiger partial charge in [-0.1, -0.05) is 18.6 Å². The van der Waals surface area contributed by atoms with Crippen LogP contribution in [0.3, 0.4) is 0 Å². The van der Waals surface area contributed by atoms with Crippen LogP contribution in [0.2, 0.25) is 0 Å². The summed E-state index contributed by atoms with van der Waals surface area (Å²) in [5.74, 6) is 0.820. The second kappa shape index (κ2) is 13.8. The molecule has 2 amide bonds. The lowest BCUT2D eigenvalue weighted by molar-refractivity contribution is -0.111. The molecule has 2 bridgehead atoms. The van der Waals surface area contributed by atoms with Crippen molar-refractivity contribution in [2.45, 2.75) is 56.1 Å². The predicted octanol–water partition coefficient (Wildman–Crippen LogP) is 5.83. The summed E-state index contributed by atoms with van der Waals surface area (Å²) in [4.78, 5) is 50.5. The monoisotopic (exact) mass is 756 g/mol. The molecule has 2 N–H and O–H groups in total. The second-order valence-electron chi connectivity index (χ2n) is 15.0. The largest absolute Gasteiger partial charge is 0.508 e. The van der Waals surface area contributed by atoms with Gasteiger partial charge in [-0.15, -0.1) is 6.42 Å². The van der Waals surface area contributed by atoms with E-state index in [0.29, 0.717) is 41.9 Å². The number of halogens is 2. The molecule has 0 aliphatic carbocycles. The van der Waals surface area contributed by atoms with Gasteiger partial charge in [0.25, 0.3) is 5.91 Å². The van der Waals surface area contributed by atoms with Gasteiger partial charge in [-0.2, -0.15) is 9.97 Å². The van der Waals surface area contributed by atoms with Crippen molar-refractivity contribution in [2.24, 2.45) is 0 Å². The fraction of sp³-hybridized carbons (Fsp3) is 0.333. The molecule has 14 heteroatoms. The Hall–Kier alpha value is -6.20. The summed E-state index contributed by atoms with van der Waals surface area (Å²) in [5, 5.41) is 14.3. The first kappa shape index (κ1) is 35.5. The lowest BCUT2D eigenvalue weighted by Gasteiger charge is -2.42. The maximum atomic E-state index is 17.1. The van der Waals surface area contributed by atoms with E-state index < -0.39 is 17.5 Å². The van der Waals surface area contributed by atoms with Crippen LogP contribution >= 0.6 is 0 Å². The predicted molar refractivity (Wildman–Crippen MR) is 206 cm³/mol. The zero-order valence-electron chi connectivity index (χ0n) is 30.5. The maximum absolute atomic E-state index is 17.1. The Morgan fingerprint density at radius 3 is 2.57 bits per heavy atom. The van der Waals surface area contributed by atoms with E-state index in [1.54, 1.807) is 12.1 Å². The van der Waals surface area contributed by atoms with Gasteiger partial charge in [0, 0.05) is 42.0 Å². The molecule has 2 unspecified atom stereocenters. The Labute approximate surface area is 321 Å². The van der Waals surface area contributed by atoms with Crippen molar-refractivity contribution in [1.29, 1.82) is 0 Å². The van der Waals surface area contributed by atoms with Crippen LogP contribution in [0.25, 0.3) is 32.9 Å². The van der Waals surface area contributed by atoms with E-state index in [1.807, 2.05) is 9.80 Å². The van der Waals surface area contributed by atoms with Crippen molar-refractivity contribution >= 4 is 45.1 Å². The first-order valence-electron chi connectivity index (χ1n) is 18.8. The van der Waals surface area contributed by atoms with Crippen molar-refractivity contribution in [3.63, 3.8) is 0 Å². The summed E-state index contributed by atoms with van der Waals surface area (Å²) in [6, 6.07) is 8.26. The van der Waals surface area contributed by atoms with Crippen LogP contribution in [0.1, 0.15) is 54.4 Å². The standard InChI is InChI=1S/C42H38F2N8O4/c1-3-29-32(43)10-7-24-17-28(53)19-30(35(24)29)37-36(44)38-31(20-46-37)39(49-41(48-38)56-23-42-12-5-15-51(42)16-6-13-42)50-21-26-8-9-27(22-50)52(26)40(55)25-11-14-45-33(18-25)47-34(54)4-2/h1,4,7,10-11,14,17-20,26-27,53H,2,5-6,8-9,12-13,15-16,21-23H2,(H,45,47,54). The van der Waals surface area contributed by atoms with E-state index in [0.717, 1.165) is 57.7 Å². The Morgan fingerprint density at radius 1 is 1.07 bits per heavy atom. The smallest absolute Gasteiger partial charge is 0.319 e. The molecule has 56 heavy (non-hydrogen) atoms. The van der Waals surface area contributed by atoms with Crippen LogP contribution in [0, 0.1) is 24.0 Å². The van der Waals surface area contributed by atoms with Gasteiger partial charge in [0.15, 0.2) is 5.82 Å². The minimum Gasteiger partial charge on any atom is -0.508 e. The third kappa shape index (κ3) is 5.94. The second-order valence-corrected chi connectivity index (χ2v) is 15.0. The Balaban J connectivity index is 1.11. The van der Waals surface area contributed by atoms with E-state index in [4.69, 9.17) is 16.1 Å². The first-order chi connectivity index (χ1) is 27.2. The fourth-order valence-electron chi connectivity index (χ4n) is 9.29. The van der Waals surface area contributed by atoms with Crippen molar-refractivity contribution in [3.05, 3.63) is 84.2 Å². The van der Waals surface area contributed by atoms with E-state index in [2.05, 4.69) is 37.7 Å². The summed E-state index contributed by atoms with van der Waals surface area (Å²) in [6.07, 6.45) is 15.5. The summed E-state index contributed by atoms with van der Waals surface area (Å²) in [6.45, 7) is 6.64. The van der Waals surface area contributed by atoms with Gasteiger partial charge in [0.05, 0.1) is 28.6 Å². The Morgan fingerprint density at radius 2 is 1.84 bits per heavy atom. The number of pyridine rings is 2. The lowest BCUT2D eigenvalue weighted by Crippen LogP contribution is -2.56. The zero-order chi connectivity index (χ0) is 38.7. The molecule has 4 fully saturated rings. The summed E-state index contributed by atoms with van der Waals surface area (Å²) in [5.41, 5.74) is 0.109. The number of benzene rings is 2. The van der Waals surface area contributed by atoms with Gasteiger partial charge in [-0.05, 0) is 93.4 Å². The molecule has 2 atom stereocenters. The summed E-state index contributed by atoms with van der Waals surface area (Å²) >= 11 is 0. The van der Waals surface area contributed by atoms with Crippen LogP contribution in [0.15, 0.2) is 61.4 Å². The van der Waals surface area contributed by atoms with Gasteiger partial charge in [-0.3, -0.25) is 19.5 Å². The van der Waals surface area contributed by atoms with Crippen molar-refractivity contribution < 1.29 is 28.2 Å². The number of piperazine rings is 1. The van der Waals surface area contributed by atoms with Gasteiger partial charge in [-0.25, -0.2) is 13.8 Å². The molecule has 2 aromatic carbocycles. The molecule has 0 radical (unpaired) electrons. The fourth-order valence-corrected chi connectivity index (χ4v) is 9.29. The maximum Gasteiger partial charge on any atom is 0.319 e. The highest BCUT2D eigenvalue weighted by atomic mass is 19.1. The quantitative estimate of drug-likeness (QED) is 0.147. The summed E-state index contributed by atoms with van der Waals surface area (Å²) in [7, 11) is 0. The van der Waals surface area contributed by atoms with Crippen LogP contribution in [0.5, 0.6) is 11.8 Å². The van der Waals surface area contributed by atoms with Gasteiger partial charge in [0.2, 0.25) is 5.91 Å². The number of aromatic nitrogens is 4. The molecule has 12 nitrogen and oxygen atoms in total. The number of carbonyl (C=O) groups is 2.